The van der Waals surface area contributed by atoms with Gasteiger partial charge in [0.25, 0.3) is 0 Å². The summed E-state index contributed by atoms with van der Waals surface area (Å²) in [6.07, 6.45) is 0.763. The number of likely N-dealkylation sites (N-methyl/N-ethyl adjacent to an activating group) is 1. The number of aliphatic hydroxyl groups is 1. The fraction of sp³-hybridized carbons (Fsp3) is 1.00. The van der Waals surface area contributed by atoms with Crippen molar-refractivity contribution < 1.29 is 9.84 Å². The fourth-order valence-electron chi connectivity index (χ4n) is 3.89. The molecule has 0 radical (unpaired) electrons. The first-order valence-electron chi connectivity index (χ1n) is 7.60. The number of nitrogens with zero attached hydrogens (tertiary/aromatic N) is 1. The number of β-amino-alcohol motifs (C(OH)–C–C–N with tert-alkyl or cyclic N) is 1. The van der Waals surface area contributed by atoms with Crippen LogP contribution in [0.25, 0.3) is 0 Å². The van der Waals surface area contributed by atoms with Crippen molar-refractivity contribution in [1.29, 1.82) is 0 Å². The van der Waals surface area contributed by atoms with Crippen LogP contribution >= 0.6 is 0 Å². The first-order valence-corrected chi connectivity index (χ1v) is 7.60. The lowest BCUT2D eigenvalue weighted by Crippen LogP contribution is -2.50. The van der Waals surface area contributed by atoms with Gasteiger partial charge in [-0.05, 0) is 40.7 Å². The number of likely N-dealkylation sites (tertiary alicyclic amines) is 1. The van der Waals surface area contributed by atoms with Crippen LogP contribution in [0.4, 0.5) is 0 Å². The van der Waals surface area contributed by atoms with Gasteiger partial charge >= 0.3 is 0 Å². The minimum Gasteiger partial charge on any atom is -0.392 e. The lowest BCUT2D eigenvalue weighted by atomic mass is 9.82. The van der Waals surface area contributed by atoms with Gasteiger partial charge in [0.2, 0.25) is 0 Å². The van der Waals surface area contributed by atoms with Crippen molar-refractivity contribution in [3.63, 3.8) is 0 Å². The van der Waals surface area contributed by atoms with Crippen molar-refractivity contribution >= 4 is 0 Å². The molecule has 2 heterocycles. The van der Waals surface area contributed by atoms with E-state index in [0.717, 1.165) is 32.6 Å². The van der Waals surface area contributed by atoms with E-state index in [4.69, 9.17) is 4.74 Å². The molecule has 2 aliphatic heterocycles. The summed E-state index contributed by atoms with van der Waals surface area (Å²) in [7, 11) is 0. The third-order valence-electron chi connectivity index (χ3n) is 4.70. The Morgan fingerprint density at radius 3 is 2.47 bits per heavy atom. The summed E-state index contributed by atoms with van der Waals surface area (Å²) < 4.78 is 6.30. The van der Waals surface area contributed by atoms with E-state index in [-0.39, 0.29) is 17.3 Å². The number of hydrogen-bond donors (Lipinski definition) is 2. The van der Waals surface area contributed by atoms with Crippen molar-refractivity contribution in [2.45, 2.75) is 64.4 Å². The van der Waals surface area contributed by atoms with Crippen LogP contribution in [0, 0.1) is 5.92 Å². The first kappa shape index (κ1) is 15.2. The number of rotatable bonds is 4. The minimum atomic E-state index is -0.143. The zero-order valence-corrected chi connectivity index (χ0v) is 13.1. The third kappa shape index (κ3) is 3.13. The molecule has 0 aromatic heterocycles. The molecule has 3 unspecified atom stereocenters. The highest BCUT2D eigenvalue weighted by atomic mass is 16.5. The van der Waals surface area contributed by atoms with Crippen LogP contribution in [0.2, 0.25) is 0 Å². The quantitative estimate of drug-likeness (QED) is 0.806. The standard InChI is InChI=1S/C15H30N2O2/c1-6-16-13-12(10-17-8-7-11(18)9-17)14(2,3)19-15(13,4)5/h11-13,16,18H,6-10H2,1-5H3. The average molecular weight is 270 g/mol. The van der Waals surface area contributed by atoms with Gasteiger partial charge in [-0.15, -0.1) is 0 Å². The molecular formula is C15H30N2O2. The van der Waals surface area contributed by atoms with E-state index in [1.165, 1.54) is 0 Å². The van der Waals surface area contributed by atoms with E-state index >= 15 is 0 Å². The number of aliphatic hydroxyl groups excluding tert-OH is 1. The maximum absolute atomic E-state index is 9.69. The molecule has 2 N–H and O–H groups in total. The summed E-state index contributed by atoms with van der Waals surface area (Å²) in [4.78, 5) is 2.38. The largest absolute Gasteiger partial charge is 0.392 e. The van der Waals surface area contributed by atoms with Crippen LogP contribution in [0.1, 0.15) is 41.0 Å². The number of ether oxygens (including phenoxy) is 1. The van der Waals surface area contributed by atoms with E-state index in [2.05, 4.69) is 44.8 Å². The molecule has 0 spiro atoms. The Hall–Kier alpha value is -0.160. The Labute approximate surface area is 117 Å². The van der Waals surface area contributed by atoms with Gasteiger partial charge in [0.05, 0.1) is 17.3 Å². The van der Waals surface area contributed by atoms with Crippen molar-refractivity contribution in [2.24, 2.45) is 5.92 Å². The Balaban J connectivity index is 2.10. The molecule has 112 valence electrons. The zero-order chi connectivity index (χ0) is 14.3. The molecule has 0 aromatic rings. The zero-order valence-electron chi connectivity index (χ0n) is 13.1. The van der Waals surface area contributed by atoms with Gasteiger partial charge in [-0.1, -0.05) is 6.92 Å². The maximum atomic E-state index is 9.69. The molecule has 4 nitrogen and oxygen atoms in total. The average Bonchev–Trinajstić information content (AvgIpc) is 2.73. The molecule has 2 saturated heterocycles. The molecule has 2 fully saturated rings. The summed E-state index contributed by atoms with van der Waals surface area (Å²) >= 11 is 0. The summed E-state index contributed by atoms with van der Waals surface area (Å²) in [5.74, 6) is 0.452. The second-order valence-electron chi connectivity index (χ2n) is 7.15. The summed E-state index contributed by atoms with van der Waals surface area (Å²) in [6, 6.07) is 0.366. The predicted molar refractivity (Wildman–Crippen MR) is 77.3 cm³/mol. The molecular weight excluding hydrogens is 240 g/mol. The second kappa shape index (κ2) is 5.32. The lowest BCUT2D eigenvalue weighted by molar-refractivity contribution is -0.0793. The van der Waals surface area contributed by atoms with Crippen LogP contribution in [0.15, 0.2) is 0 Å². The van der Waals surface area contributed by atoms with Crippen molar-refractivity contribution in [1.82, 2.24) is 10.2 Å². The van der Waals surface area contributed by atoms with Gasteiger partial charge in [0, 0.05) is 31.6 Å². The molecule has 3 atom stereocenters. The van der Waals surface area contributed by atoms with Crippen LogP contribution in [-0.4, -0.2) is 59.5 Å². The second-order valence-corrected chi connectivity index (χ2v) is 7.15. The van der Waals surface area contributed by atoms with E-state index in [0.29, 0.717) is 12.0 Å². The molecule has 0 bridgehead atoms. The highest BCUT2D eigenvalue weighted by Crippen LogP contribution is 2.42. The van der Waals surface area contributed by atoms with Gasteiger partial charge in [0.15, 0.2) is 0 Å². The van der Waals surface area contributed by atoms with Gasteiger partial charge in [-0.2, -0.15) is 0 Å². The minimum absolute atomic E-state index is 0.121. The molecule has 0 saturated carbocycles. The van der Waals surface area contributed by atoms with Gasteiger partial charge in [-0.25, -0.2) is 0 Å². The van der Waals surface area contributed by atoms with Crippen molar-refractivity contribution in [3.05, 3.63) is 0 Å². The van der Waals surface area contributed by atoms with Crippen molar-refractivity contribution in [3.8, 4) is 0 Å². The van der Waals surface area contributed by atoms with Gasteiger partial charge in [0.1, 0.15) is 0 Å². The SMILES string of the molecule is CCNC1C(CN2CCC(O)C2)C(C)(C)OC1(C)C. The van der Waals surface area contributed by atoms with Crippen molar-refractivity contribution in [2.75, 3.05) is 26.2 Å². The predicted octanol–water partition coefficient (Wildman–Crippen LogP) is 1.23. The normalized spacial score (nSPS) is 37.9. The molecule has 0 aliphatic carbocycles. The molecule has 0 amide bonds. The Morgan fingerprint density at radius 2 is 1.95 bits per heavy atom. The lowest BCUT2D eigenvalue weighted by Gasteiger charge is -2.33. The first-order chi connectivity index (χ1) is 8.76. The van der Waals surface area contributed by atoms with Gasteiger partial charge < -0.3 is 20.1 Å². The van der Waals surface area contributed by atoms with Crippen LogP contribution in [-0.2, 0) is 4.74 Å². The highest BCUT2D eigenvalue weighted by molar-refractivity contribution is 5.06. The summed E-state index contributed by atoms with van der Waals surface area (Å²) in [6.45, 7) is 14.7. The summed E-state index contributed by atoms with van der Waals surface area (Å²) in [5, 5.41) is 13.3. The van der Waals surface area contributed by atoms with Gasteiger partial charge in [-0.3, -0.25) is 0 Å². The maximum Gasteiger partial charge on any atom is 0.0790 e. The Bertz CT molecular complexity index is 317. The Kier molecular flexibility index (Phi) is 4.26. The van der Waals surface area contributed by atoms with Crippen LogP contribution < -0.4 is 5.32 Å². The monoisotopic (exact) mass is 270 g/mol. The molecule has 4 heteroatoms. The summed E-state index contributed by atoms with van der Waals surface area (Å²) in [5.41, 5.74) is -0.258. The number of hydrogen-bond acceptors (Lipinski definition) is 4. The smallest absolute Gasteiger partial charge is 0.0790 e. The van der Waals surface area contributed by atoms with Crippen LogP contribution in [0.3, 0.4) is 0 Å². The topological polar surface area (TPSA) is 44.7 Å². The highest BCUT2D eigenvalue weighted by Gasteiger charge is 2.53. The molecule has 2 rings (SSSR count). The third-order valence-corrected chi connectivity index (χ3v) is 4.70. The molecule has 2 aliphatic rings. The van der Waals surface area contributed by atoms with E-state index in [1.54, 1.807) is 0 Å². The molecule has 0 aromatic carbocycles. The van der Waals surface area contributed by atoms with E-state index in [1.807, 2.05) is 0 Å². The Morgan fingerprint density at radius 1 is 1.26 bits per heavy atom. The van der Waals surface area contributed by atoms with E-state index < -0.39 is 0 Å². The molecule has 19 heavy (non-hydrogen) atoms. The fourth-order valence-corrected chi connectivity index (χ4v) is 3.89. The van der Waals surface area contributed by atoms with Crippen LogP contribution in [0.5, 0.6) is 0 Å². The number of nitrogens with one attached hydrogen (secondary N) is 1. The van der Waals surface area contributed by atoms with E-state index in [9.17, 15) is 5.11 Å².